The third-order valence-electron chi connectivity index (χ3n) is 1.22. The van der Waals surface area contributed by atoms with Crippen LogP contribution in [0.1, 0.15) is 26.2 Å². The van der Waals surface area contributed by atoms with Gasteiger partial charge in [-0.3, -0.25) is 0 Å². The number of nitrogens with one attached hydrogen (secondary N) is 1. The second kappa shape index (κ2) is 8.48. The van der Waals surface area contributed by atoms with Crippen LogP contribution in [0.3, 0.4) is 0 Å². The molecule has 0 bridgehead atoms. The molecule has 0 aliphatic heterocycles. The summed E-state index contributed by atoms with van der Waals surface area (Å²) in [5.41, 5.74) is 0. The van der Waals surface area contributed by atoms with Gasteiger partial charge in [0, 0.05) is 0 Å². The molecule has 0 unspecified atom stereocenters. The average molecular weight is 194 g/mol. The van der Waals surface area contributed by atoms with Gasteiger partial charge in [-0.1, -0.05) is 0 Å². The van der Waals surface area contributed by atoms with E-state index >= 15 is 0 Å². The van der Waals surface area contributed by atoms with E-state index in [1.807, 2.05) is 0 Å². The van der Waals surface area contributed by atoms with Crippen molar-refractivity contribution in [2.75, 3.05) is 13.1 Å². The number of unbranched alkanes of at least 4 members (excludes halogenated alkanes) is 1. The van der Waals surface area contributed by atoms with E-state index in [0.717, 1.165) is 0 Å². The van der Waals surface area contributed by atoms with Crippen LogP contribution in [0.25, 0.3) is 0 Å². The standard InChI is InChI=1S/C7H17NSe/c1-2-3-5-8-6-4-7-9/h8-9H,2-7H2,1H3. The molecule has 0 fully saturated rings. The number of hydrogen-bond donors (Lipinski definition) is 1. The molecule has 1 N–H and O–H groups in total. The van der Waals surface area contributed by atoms with E-state index in [-0.39, 0.29) is 0 Å². The van der Waals surface area contributed by atoms with E-state index < -0.39 is 0 Å². The molecule has 0 aromatic heterocycles. The first-order valence-corrected chi connectivity index (χ1v) is 5.06. The monoisotopic (exact) mass is 195 g/mol. The van der Waals surface area contributed by atoms with Gasteiger partial charge in [0.1, 0.15) is 0 Å². The molecule has 0 rings (SSSR count). The number of hydrogen-bond acceptors (Lipinski definition) is 1. The van der Waals surface area contributed by atoms with E-state index in [1.54, 1.807) is 0 Å². The predicted octanol–water partition coefficient (Wildman–Crippen LogP) is 1.09. The molecule has 0 aliphatic rings. The van der Waals surface area contributed by atoms with Crippen LogP contribution >= 0.6 is 0 Å². The zero-order chi connectivity index (χ0) is 6.95. The second-order valence-electron chi connectivity index (χ2n) is 2.18. The van der Waals surface area contributed by atoms with Gasteiger partial charge in [0.05, 0.1) is 0 Å². The normalized spacial score (nSPS) is 10.0. The quantitative estimate of drug-likeness (QED) is 0.493. The minimum atomic E-state index is 1.19. The zero-order valence-electron chi connectivity index (χ0n) is 6.19. The van der Waals surface area contributed by atoms with Gasteiger partial charge in [-0.05, 0) is 0 Å². The van der Waals surface area contributed by atoms with Crippen LogP contribution in [0.15, 0.2) is 0 Å². The molecule has 0 saturated carbocycles. The Morgan fingerprint density at radius 3 is 2.44 bits per heavy atom. The topological polar surface area (TPSA) is 12.0 Å². The summed E-state index contributed by atoms with van der Waals surface area (Å²) in [4.78, 5) is 0. The number of rotatable bonds is 6. The summed E-state index contributed by atoms with van der Waals surface area (Å²) < 4.78 is 0. The van der Waals surface area contributed by atoms with Gasteiger partial charge in [-0.15, -0.1) is 0 Å². The molecular weight excluding hydrogens is 177 g/mol. The first kappa shape index (κ1) is 9.48. The molecule has 1 nitrogen and oxygen atoms in total. The van der Waals surface area contributed by atoms with E-state index in [9.17, 15) is 0 Å². The summed E-state index contributed by atoms with van der Waals surface area (Å²) in [6, 6.07) is 0. The molecule has 9 heavy (non-hydrogen) atoms. The summed E-state index contributed by atoms with van der Waals surface area (Å²) in [6.07, 6.45) is 3.91. The summed E-state index contributed by atoms with van der Waals surface area (Å²) in [7, 11) is 0. The Kier molecular flexibility index (Phi) is 8.93. The fourth-order valence-corrected chi connectivity index (χ4v) is 0.963. The van der Waals surface area contributed by atoms with Crippen LogP contribution < -0.4 is 5.32 Å². The first-order chi connectivity index (χ1) is 4.41. The Morgan fingerprint density at radius 1 is 1.22 bits per heavy atom. The first-order valence-electron chi connectivity index (χ1n) is 3.73. The Hall–Kier alpha value is 0.479. The predicted molar refractivity (Wildman–Crippen MR) is 44.4 cm³/mol. The van der Waals surface area contributed by atoms with Crippen molar-refractivity contribution < 1.29 is 0 Å². The molecule has 0 spiro atoms. The molecule has 0 aromatic rings. The maximum atomic E-state index is 3.38. The summed E-state index contributed by atoms with van der Waals surface area (Å²) in [6.45, 7) is 4.61. The fourth-order valence-electron chi connectivity index (χ4n) is 0.631. The molecule has 56 valence electrons. The molecule has 0 aromatic carbocycles. The van der Waals surface area contributed by atoms with Crippen LogP contribution in [0, 0.1) is 0 Å². The average Bonchev–Trinajstić information content (AvgIpc) is 1.89. The van der Waals surface area contributed by atoms with Gasteiger partial charge in [0.2, 0.25) is 0 Å². The van der Waals surface area contributed by atoms with Crippen molar-refractivity contribution in [3.8, 4) is 0 Å². The molecule has 2 heteroatoms. The van der Waals surface area contributed by atoms with E-state index in [1.165, 1.54) is 37.7 Å². The Labute approximate surface area is 66.4 Å². The van der Waals surface area contributed by atoms with E-state index in [0.29, 0.717) is 0 Å². The van der Waals surface area contributed by atoms with Gasteiger partial charge in [0.25, 0.3) is 0 Å². The van der Waals surface area contributed by atoms with Crippen molar-refractivity contribution in [2.45, 2.75) is 31.5 Å². The van der Waals surface area contributed by atoms with Crippen molar-refractivity contribution in [1.82, 2.24) is 5.32 Å². The molecule has 0 saturated heterocycles. The van der Waals surface area contributed by atoms with Gasteiger partial charge < -0.3 is 0 Å². The van der Waals surface area contributed by atoms with Crippen molar-refractivity contribution in [3.05, 3.63) is 0 Å². The van der Waals surface area contributed by atoms with Gasteiger partial charge in [0.15, 0.2) is 0 Å². The van der Waals surface area contributed by atoms with Crippen LogP contribution in [0.2, 0.25) is 5.32 Å². The van der Waals surface area contributed by atoms with Crippen LogP contribution in [-0.4, -0.2) is 29.1 Å². The Morgan fingerprint density at radius 2 is 1.89 bits per heavy atom. The maximum absolute atomic E-state index is 3.38. The van der Waals surface area contributed by atoms with E-state index in [4.69, 9.17) is 0 Å². The molecule has 0 radical (unpaired) electrons. The van der Waals surface area contributed by atoms with Gasteiger partial charge in [-0.2, -0.15) is 0 Å². The van der Waals surface area contributed by atoms with Crippen molar-refractivity contribution in [3.63, 3.8) is 0 Å². The van der Waals surface area contributed by atoms with E-state index in [2.05, 4.69) is 28.3 Å². The minimum absolute atomic E-state index is 1.19. The van der Waals surface area contributed by atoms with Crippen molar-refractivity contribution >= 4 is 16.0 Å². The molecule has 0 atom stereocenters. The van der Waals surface area contributed by atoms with Crippen molar-refractivity contribution in [1.29, 1.82) is 0 Å². The third kappa shape index (κ3) is 8.48. The Balaban J connectivity index is 2.60. The van der Waals surface area contributed by atoms with Crippen molar-refractivity contribution in [2.24, 2.45) is 0 Å². The molecule has 0 amide bonds. The Bertz CT molecular complexity index is 42.2. The zero-order valence-corrected chi connectivity index (χ0v) is 8.07. The fraction of sp³-hybridized carbons (Fsp3) is 1.00. The van der Waals surface area contributed by atoms with Gasteiger partial charge >= 0.3 is 65.9 Å². The van der Waals surface area contributed by atoms with Gasteiger partial charge in [-0.25, -0.2) is 0 Å². The van der Waals surface area contributed by atoms with Crippen LogP contribution in [-0.2, 0) is 0 Å². The molecule has 0 aliphatic carbocycles. The molecular formula is C7H17NSe. The molecule has 0 heterocycles. The summed E-state index contributed by atoms with van der Waals surface area (Å²) >= 11 is 2.61. The third-order valence-corrected chi connectivity index (χ3v) is 1.88. The van der Waals surface area contributed by atoms with Crippen LogP contribution in [0.5, 0.6) is 0 Å². The summed E-state index contributed by atoms with van der Waals surface area (Å²) in [5, 5.41) is 4.62. The second-order valence-corrected chi connectivity index (χ2v) is 3.12. The summed E-state index contributed by atoms with van der Waals surface area (Å²) in [5.74, 6) is 0. The SMILES string of the molecule is CCCCNCCC[SeH]. The van der Waals surface area contributed by atoms with Crippen LogP contribution in [0.4, 0.5) is 0 Å².